The maximum absolute atomic E-state index is 11.3. The zero-order valence-electron chi connectivity index (χ0n) is 10.7. The lowest BCUT2D eigenvalue weighted by molar-refractivity contribution is 0.0687. The van der Waals surface area contributed by atoms with E-state index in [2.05, 4.69) is 10.3 Å². The first-order chi connectivity index (χ1) is 9.18. The molecule has 0 spiro atoms. The Morgan fingerprint density at radius 1 is 1.37 bits per heavy atom. The van der Waals surface area contributed by atoms with Gasteiger partial charge in [0.15, 0.2) is 5.69 Å². The molecule has 1 fully saturated rings. The summed E-state index contributed by atoms with van der Waals surface area (Å²) in [6.45, 7) is 1.99. The van der Waals surface area contributed by atoms with Crippen LogP contribution in [-0.4, -0.2) is 26.1 Å². The van der Waals surface area contributed by atoms with Crippen LogP contribution in [0.2, 0.25) is 0 Å². The Bertz CT molecular complexity index is 629. The van der Waals surface area contributed by atoms with E-state index in [9.17, 15) is 9.90 Å². The predicted molar refractivity (Wildman–Crippen MR) is 69.6 cm³/mol. The van der Waals surface area contributed by atoms with Crippen molar-refractivity contribution in [1.29, 1.82) is 0 Å². The molecule has 0 radical (unpaired) electrons. The third kappa shape index (κ3) is 1.91. The standard InChI is InChI=1S/C14H15N3O2/c1-9-5-2-3-8-11(9)17-13(10-6-4-7-10)12(14(18)19)15-16-17/h2-3,5,8,10H,4,6-7H2,1H3,(H,18,19). The number of hydrogen-bond donors (Lipinski definition) is 1. The minimum Gasteiger partial charge on any atom is -0.476 e. The van der Waals surface area contributed by atoms with Gasteiger partial charge in [0.1, 0.15) is 0 Å². The lowest BCUT2D eigenvalue weighted by Gasteiger charge is -2.26. The molecule has 5 heteroatoms. The number of rotatable bonds is 3. The van der Waals surface area contributed by atoms with Crippen LogP contribution in [0.3, 0.4) is 0 Å². The molecule has 1 saturated carbocycles. The number of carbonyl (C=O) groups is 1. The van der Waals surface area contributed by atoms with Crippen LogP contribution in [0, 0.1) is 6.92 Å². The zero-order chi connectivity index (χ0) is 13.4. The lowest BCUT2D eigenvalue weighted by Crippen LogP contribution is -2.17. The van der Waals surface area contributed by atoms with E-state index in [1.165, 1.54) is 0 Å². The van der Waals surface area contributed by atoms with Crippen molar-refractivity contribution in [3.05, 3.63) is 41.2 Å². The van der Waals surface area contributed by atoms with E-state index in [1.807, 2.05) is 31.2 Å². The van der Waals surface area contributed by atoms with Gasteiger partial charge in [0.25, 0.3) is 0 Å². The summed E-state index contributed by atoms with van der Waals surface area (Å²) < 4.78 is 1.70. The number of para-hydroxylation sites is 1. The topological polar surface area (TPSA) is 68.0 Å². The summed E-state index contributed by atoms with van der Waals surface area (Å²) in [6.07, 6.45) is 3.17. The molecule has 2 aromatic rings. The van der Waals surface area contributed by atoms with Crippen molar-refractivity contribution in [2.75, 3.05) is 0 Å². The van der Waals surface area contributed by atoms with E-state index < -0.39 is 5.97 Å². The fourth-order valence-corrected chi connectivity index (χ4v) is 2.47. The van der Waals surface area contributed by atoms with Crippen molar-refractivity contribution in [3.8, 4) is 5.69 Å². The Hall–Kier alpha value is -2.17. The van der Waals surface area contributed by atoms with Gasteiger partial charge in [-0.25, -0.2) is 9.48 Å². The van der Waals surface area contributed by atoms with Crippen LogP contribution >= 0.6 is 0 Å². The molecule has 19 heavy (non-hydrogen) atoms. The number of nitrogens with zero attached hydrogens (tertiary/aromatic N) is 3. The van der Waals surface area contributed by atoms with Crippen LogP contribution in [0.4, 0.5) is 0 Å². The van der Waals surface area contributed by atoms with Gasteiger partial charge in [0, 0.05) is 5.92 Å². The summed E-state index contributed by atoms with van der Waals surface area (Å²) >= 11 is 0. The molecular weight excluding hydrogens is 242 g/mol. The van der Waals surface area contributed by atoms with Crippen LogP contribution in [0.25, 0.3) is 5.69 Å². The van der Waals surface area contributed by atoms with Gasteiger partial charge >= 0.3 is 5.97 Å². The SMILES string of the molecule is Cc1ccccc1-n1nnc(C(=O)O)c1C1CCC1. The average Bonchev–Trinajstić information content (AvgIpc) is 2.72. The maximum Gasteiger partial charge on any atom is 0.358 e. The fraction of sp³-hybridized carbons (Fsp3) is 0.357. The smallest absolute Gasteiger partial charge is 0.358 e. The summed E-state index contributed by atoms with van der Waals surface area (Å²) in [5.74, 6) is -0.734. The van der Waals surface area contributed by atoms with Crippen molar-refractivity contribution < 1.29 is 9.90 Å². The van der Waals surface area contributed by atoms with E-state index >= 15 is 0 Å². The van der Waals surface area contributed by atoms with Crippen molar-refractivity contribution in [2.24, 2.45) is 0 Å². The molecule has 3 rings (SSSR count). The number of aromatic nitrogens is 3. The van der Waals surface area contributed by atoms with Crippen molar-refractivity contribution >= 4 is 5.97 Å². The zero-order valence-corrected chi connectivity index (χ0v) is 10.7. The van der Waals surface area contributed by atoms with Gasteiger partial charge in [-0.05, 0) is 31.4 Å². The molecule has 0 amide bonds. The van der Waals surface area contributed by atoms with Crippen LogP contribution in [0.5, 0.6) is 0 Å². The Balaban J connectivity index is 2.16. The van der Waals surface area contributed by atoms with Gasteiger partial charge in [-0.15, -0.1) is 5.10 Å². The van der Waals surface area contributed by atoms with Crippen molar-refractivity contribution in [3.63, 3.8) is 0 Å². The Labute approximate surface area is 110 Å². The molecule has 0 unspecified atom stereocenters. The van der Waals surface area contributed by atoms with Gasteiger partial charge in [-0.3, -0.25) is 0 Å². The summed E-state index contributed by atoms with van der Waals surface area (Å²) in [6, 6.07) is 7.81. The maximum atomic E-state index is 11.3. The number of aryl methyl sites for hydroxylation is 1. The molecule has 0 saturated heterocycles. The molecule has 1 heterocycles. The second-order valence-corrected chi connectivity index (χ2v) is 4.95. The minimum atomic E-state index is -0.998. The van der Waals surface area contributed by atoms with Crippen LogP contribution in [0.15, 0.2) is 24.3 Å². The van der Waals surface area contributed by atoms with Gasteiger partial charge in [-0.1, -0.05) is 29.8 Å². The number of hydrogen-bond acceptors (Lipinski definition) is 3. The Kier molecular flexibility index (Phi) is 2.81. The summed E-state index contributed by atoms with van der Waals surface area (Å²) in [5, 5.41) is 17.2. The predicted octanol–water partition coefficient (Wildman–Crippen LogP) is 2.54. The Morgan fingerprint density at radius 2 is 2.11 bits per heavy atom. The quantitative estimate of drug-likeness (QED) is 0.917. The molecule has 5 nitrogen and oxygen atoms in total. The van der Waals surface area contributed by atoms with E-state index in [0.29, 0.717) is 0 Å². The largest absolute Gasteiger partial charge is 0.476 e. The van der Waals surface area contributed by atoms with Crippen molar-refractivity contribution in [1.82, 2.24) is 15.0 Å². The van der Waals surface area contributed by atoms with Crippen LogP contribution in [0.1, 0.15) is 46.9 Å². The monoisotopic (exact) mass is 257 g/mol. The third-order valence-corrected chi connectivity index (χ3v) is 3.74. The molecule has 1 aromatic heterocycles. The normalized spacial score (nSPS) is 15.2. The molecular formula is C14H15N3O2. The fourth-order valence-electron chi connectivity index (χ4n) is 2.47. The molecule has 1 aromatic carbocycles. The van der Waals surface area contributed by atoms with Gasteiger partial charge in [0.05, 0.1) is 11.4 Å². The Morgan fingerprint density at radius 3 is 2.68 bits per heavy atom. The van der Waals surface area contributed by atoms with E-state index in [4.69, 9.17) is 0 Å². The molecule has 0 atom stereocenters. The lowest BCUT2D eigenvalue weighted by atomic mass is 9.82. The third-order valence-electron chi connectivity index (χ3n) is 3.74. The summed E-state index contributed by atoms with van der Waals surface area (Å²) in [5.41, 5.74) is 2.80. The number of aromatic carboxylic acids is 1. The number of carboxylic acids is 1. The molecule has 0 aliphatic heterocycles. The van der Waals surface area contributed by atoms with Gasteiger partial charge in [0.2, 0.25) is 0 Å². The number of benzene rings is 1. The first-order valence-corrected chi connectivity index (χ1v) is 6.43. The van der Waals surface area contributed by atoms with E-state index in [-0.39, 0.29) is 11.6 Å². The van der Waals surface area contributed by atoms with E-state index in [0.717, 1.165) is 36.2 Å². The molecule has 1 aliphatic carbocycles. The van der Waals surface area contributed by atoms with Gasteiger partial charge < -0.3 is 5.11 Å². The van der Waals surface area contributed by atoms with Crippen LogP contribution < -0.4 is 0 Å². The number of carboxylic acid groups (broad SMARTS) is 1. The van der Waals surface area contributed by atoms with Crippen LogP contribution in [-0.2, 0) is 0 Å². The molecule has 1 aliphatic rings. The first kappa shape index (κ1) is 11.9. The molecule has 0 bridgehead atoms. The summed E-state index contributed by atoms with van der Waals surface area (Å²) in [4.78, 5) is 11.3. The highest BCUT2D eigenvalue weighted by atomic mass is 16.4. The highest BCUT2D eigenvalue weighted by Crippen LogP contribution is 2.38. The van der Waals surface area contributed by atoms with E-state index in [1.54, 1.807) is 4.68 Å². The van der Waals surface area contributed by atoms with Crippen molar-refractivity contribution in [2.45, 2.75) is 32.1 Å². The first-order valence-electron chi connectivity index (χ1n) is 6.43. The highest BCUT2D eigenvalue weighted by molar-refractivity contribution is 5.87. The average molecular weight is 257 g/mol. The molecule has 1 N–H and O–H groups in total. The summed E-state index contributed by atoms with van der Waals surface area (Å²) in [7, 11) is 0. The second-order valence-electron chi connectivity index (χ2n) is 4.95. The minimum absolute atomic E-state index is 0.0907. The molecule has 98 valence electrons. The highest BCUT2D eigenvalue weighted by Gasteiger charge is 2.31. The van der Waals surface area contributed by atoms with Gasteiger partial charge in [-0.2, -0.15) is 0 Å². The second kappa shape index (κ2) is 4.50.